The van der Waals surface area contributed by atoms with Crippen LogP contribution in [-0.4, -0.2) is 15.9 Å². The van der Waals surface area contributed by atoms with Gasteiger partial charge in [-0.2, -0.15) is 0 Å². The van der Waals surface area contributed by atoms with Crippen molar-refractivity contribution in [1.29, 1.82) is 0 Å². The van der Waals surface area contributed by atoms with Gasteiger partial charge in [0.1, 0.15) is 0 Å². The van der Waals surface area contributed by atoms with E-state index in [0.717, 1.165) is 5.69 Å². The molecule has 0 saturated heterocycles. The summed E-state index contributed by atoms with van der Waals surface area (Å²) in [6.45, 7) is 2.16. The molecule has 1 heterocycles. The Morgan fingerprint density at radius 2 is 2.18 bits per heavy atom. The second-order valence-corrected chi connectivity index (χ2v) is 4.64. The summed E-state index contributed by atoms with van der Waals surface area (Å²) in [5.74, 6) is 0.606. The van der Waals surface area contributed by atoms with Gasteiger partial charge in [-0.3, -0.25) is 0 Å². The average molecular weight is 235 g/mol. The van der Waals surface area contributed by atoms with Gasteiger partial charge in [-0.1, -0.05) is 12.8 Å². The maximum atomic E-state index is 10.5. The summed E-state index contributed by atoms with van der Waals surface area (Å²) >= 11 is 0. The molecule has 5 nitrogen and oxygen atoms in total. The first-order valence-corrected chi connectivity index (χ1v) is 6.04. The average Bonchev–Trinajstić information content (AvgIpc) is 2.83. The van der Waals surface area contributed by atoms with Crippen LogP contribution in [0.25, 0.3) is 0 Å². The first-order chi connectivity index (χ1) is 8.16. The Morgan fingerprint density at radius 3 is 2.71 bits per heavy atom. The van der Waals surface area contributed by atoms with Gasteiger partial charge in [-0.05, 0) is 41.7 Å². The lowest BCUT2D eigenvalue weighted by Gasteiger charge is -2.20. The number of nitrogens with zero attached hydrogens (tertiary/aromatic N) is 2. The minimum atomic E-state index is -0.482. The highest BCUT2D eigenvalue weighted by Crippen LogP contribution is 2.29. The van der Waals surface area contributed by atoms with Crippen LogP contribution in [-0.2, 0) is 0 Å². The molecule has 0 radical (unpaired) electrons. The maximum Gasteiger partial charge on any atom is 0.363 e. The molecule has 1 unspecified atom stereocenters. The van der Waals surface area contributed by atoms with Crippen molar-refractivity contribution in [3.63, 3.8) is 0 Å². The van der Waals surface area contributed by atoms with Gasteiger partial charge >= 0.3 is 5.82 Å². The molecule has 1 fully saturated rings. The zero-order valence-corrected chi connectivity index (χ0v) is 9.93. The van der Waals surface area contributed by atoms with E-state index >= 15 is 0 Å². The van der Waals surface area contributed by atoms with E-state index in [1.165, 1.54) is 37.9 Å². The molecule has 5 heteroatoms. The monoisotopic (exact) mass is 235 g/mol. The van der Waals surface area contributed by atoms with Crippen LogP contribution in [0.5, 0.6) is 0 Å². The molecule has 0 spiro atoms. The van der Waals surface area contributed by atoms with Crippen molar-refractivity contribution in [2.75, 3.05) is 5.32 Å². The summed E-state index contributed by atoms with van der Waals surface area (Å²) in [5.41, 5.74) is 0.856. The number of aromatic nitrogens is 1. The second kappa shape index (κ2) is 5.12. The van der Waals surface area contributed by atoms with Crippen LogP contribution < -0.4 is 5.32 Å². The van der Waals surface area contributed by atoms with Crippen LogP contribution in [0.3, 0.4) is 0 Å². The van der Waals surface area contributed by atoms with Crippen molar-refractivity contribution in [2.24, 2.45) is 5.92 Å². The lowest BCUT2D eigenvalue weighted by Crippen LogP contribution is -2.23. The summed E-state index contributed by atoms with van der Waals surface area (Å²) in [6.07, 6.45) is 6.71. The smallest absolute Gasteiger partial charge is 0.363 e. The molecule has 1 aliphatic carbocycles. The van der Waals surface area contributed by atoms with Gasteiger partial charge < -0.3 is 15.4 Å². The predicted octanol–water partition coefficient (Wildman–Crippen LogP) is 2.98. The summed E-state index contributed by atoms with van der Waals surface area (Å²) < 4.78 is 0. The molecule has 0 aromatic carbocycles. The minimum Gasteiger partial charge on any atom is -0.379 e. The van der Waals surface area contributed by atoms with Crippen LogP contribution in [0.1, 0.15) is 32.6 Å². The zero-order valence-electron chi connectivity index (χ0n) is 9.93. The Bertz CT molecular complexity index is 385. The molecule has 0 aliphatic heterocycles. The van der Waals surface area contributed by atoms with Gasteiger partial charge in [0.2, 0.25) is 0 Å². The molecule has 0 bridgehead atoms. The number of anilines is 1. The number of pyridine rings is 1. The lowest BCUT2D eigenvalue weighted by molar-refractivity contribution is -0.389. The van der Waals surface area contributed by atoms with Crippen LogP contribution in [0.2, 0.25) is 0 Å². The molecule has 2 rings (SSSR count). The van der Waals surface area contributed by atoms with Gasteiger partial charge in [0.05, 0.1) is 5.69 Å². The Balaban J connectivity index is 1.96. The van der Waals surface area contributed by atoms with E-state index in [1.807, 2.05) is 0 Å². The third-order valence-corrected chi connectivity index (χ3v) is 3.44. The van der Waals surface area contributed by atoms with Crippen LogP contribution in [0.15, 0.2) is 18.3 Å². The molecule has 1 aromatic rings. The molecule has 17 heavy (non-hydrogen) atoms. The summed E-state index contributed by atoms with van der Waals surface area (Å²) in [4.78, 5) is 13.8. The van der Waals surface area contributed by atoms with Gasteiger partial charge in [-0.25, -0.2) is 0 Å². The number of rotatable bonds is 4. The van der Waals surface area contributed by atoms with E-state index in [-0.39, 0.29) is 5.82 Å². The van der Waals surface area contributed by atoms with E-state index in [9.17, 15) is 10.1 Å². The van der Waals surface area contributed by atoms with Crippen molar-refractivity contribution >= 4 is 11.5 Å². The van der Waals surface area contributed by atoms with Crippen molar-refractivity contribution in [1.82, 2.24) is 4.98 Å². The van der Waals surface area contributed by atoms with E-state index in [0.29, 0.717) is 12.0 Å². The second-order valence-electron chi connectivity index (χ2n) is 4.64. The summed E-state index contributed by atoms with van der Waals surface area (Å²) in [6, 6.07) is 3.56. The lowest BCUT2D eigenvalue weighted by atomic mass is 10.00. The predicted molar refractivity (Wildman–Crippen MR) is 65.9 cm³/mol. The Kier molecular flexibility index (Phi) is 3.56. The van der Waals surface area contributed by atoms with Gasteiger partial charge in [0.15, 0.2) is 6.20 Å². The van der Waals surface area contributed by atoms with E-state index in [2.05, 4.69) is 17.2 Å². The Labute approximate surface area is 100 Å². The topological polar surface area (TPSA) is 68.1 Å². The molecule has 1 aromatic heterocycles. The third-order valence-electron chi connectivity index (χ3n) is 3.44. The standard InChI is InChI=1S/C12H17N3O2/c1-9(10-4-2-3-5-10)14-11-6-7-12(13-8-11)15(16)17/h6-10,14H,2-5H2,1H3. The number of hydrogen-bond acceptors (Lipinski definition) is 4. The fourth-order valence-electron chi connectivity index (χ4n) is 2.42. The SMILES string of the molecule is CC(Nc1ccc([N+](=O)[O-])nc1)C1CCCC1. The largest absolute Gasteiger partial charge is 0.379 e. The van der Waals surface area contributed by atoms with Gasteiger partial charge in [0.25, 0.3) is 0 Å². The van der Waals surface area contributed by atoms with E-state index in [1.54, 1.807) is 6.07 Å². The molecule has 1 N–H and O–H groups in total. The molecular formula is C12H17N3O2. The van der Waals surface area contributed by atoms with Crippen LogP contribution in [0, 0.1) is 16.0 Å². The van der Waals surface area contributed by atoms with E-state index < -0.39 is 4.92 Å². The van der Waals surface area contributed by atoms with Crippen molar-refractivity contribution in [3.05, 3.63) is 28.4 Å². The molecule has 92 valence electrons. The highest BCUT2D eigenvalue weighted by atomic mass is 16.6. The Morgan fingerprint density at radius 1 is 1.47 bits per heavy atom. The highest BCUT2D eigenvalue weighted by Gasteiger charge is 2.21. The number of hydrogen-bond donors (Lipinski definition) is 1. The molecule has 1 saturated carbocycles. The third kappa shape index (κ3) is 2.93. The molecular weight excluding hydrogens is 218 g/mol. The van der Waals surface area contributed by atoms with Crippen LogP contribution in [0.4, 0.5) is 11.5 Å². The van der Waals surface area contributed by atoms with Gasteiger partial charge in [0, 0.05) is 12.1 Å². The fraction of sp³-hybridized carbons (Fsp3) is 0.583. The Hall–Kier alpha value is -1.65. The van der Waals surface area contributed by atoms with Crippen molar-refractivity contribution in [2.45, 2.75) is 38.6 Å². The first-order valence-electron chi connectivity index (χ1n) is 6.04. The zero-order chi connectivity index (χ0) is 12.3. The fourth-order valence-corrected chi connectivity index (χ4v) is 2.42. The maximum absolute atomic E-state index is 10.5. The molecule has 0 amide bonds. The van der Waals surface area contributed by atoms with Crippen molar-refractivity contribution < 1.29 is 4.92 Å². The first kappa shape index (κ1) is 11.8. The van der Waals surface area contributed by atoms with E-state index in [4.69, 9.17) is 0 Å². The summed E-state index contributed by atoms with van der Waals surface area (Å²) in [7, 11) is 0. The minimum absolute atomic E-state index is 0.107. The molecule has 1 atom stereocenters. The van der Waals surface area contributed by atoms with Crippen molar-refractivity contribution in [3.8, 4) is 0 Å². The molecule has 1 aliphatic rings. The number of nitro groups is 1. The number of nitrogens with one attached hydrogen (secondary N) is 1. The quantitative estimate of drug-likeness (QED) is 0.643. The van der Waals surface area contributed by atoms with Gasteiger partial charge in [-0.15, -0.1) is 0 Å². The summed E-state index contributed by atoms with van der Waals surface area (Å²) in [5, 5.41) is 13.8. The highest BCUT2D eigenvalue weighted by molar-refractivity contribution is 5.44. The normalized spacial score (nSPS) is 17.9. The van der Waals surface area contributed by atoms with Crippen LogP contribution >= 0.6 is 0 Å².